The molecule has 1 heterocycles. The molecule has 1 aliphatic heterocycles. The van der Waals surface area contributed by atoms with E-state index in [0.717, 1.165) is 0 Å². The predicted molar refractivity (Wildman–Crippen MR) is 98.7 cm³/mol. The fraction of sp³-hybridized carbons (Fsp3) is 0.300. The van der Waals surface area contributed by atoms with Gasteiger partial charge < -0.3 is 14.6 Å². The molecule has 1 atom stereocenters. The van der Waals surface area contributed by atoms with Gasteiger partial charge in [-0.3, -0.25) is 4.79 Å². The van der Waals surface area contributed by atoms with Crippen LogP contribution < -0.4 is 9.47 Å². The highest BCUT2D eigenvalue weighted by Gasteiger charge is 2.63. The van der Waals surface area contributed by atoms with E-state index in [9.17, 15) is 23.1 Å². The van der Waals surface area contributed by atoms with Crippen molar-refractivity contribution in [3.8, 4) is 11.5 Å². The van der Waals surface area contributed by atoms with Gasteiger partial charge in [0.05, 0.1) is 38.3 Å². The van der Waals surface area contributed by atoms with Crippen molar-refractivity contribution in [2.24, 2.45) is 5.10 Å². The zero-order valence-corrected chi connectivity index (χ0v) is 15.7. The molecular formula is C20H19F3N2O4. The maximum absolute atomic E-state index is 13.8. The molecule has 2 aromatic carbocycles. The van der Waals surface area contributed by atoms with Gasteiger partial charge >= 0.3 is 6.18 Å². The lowest BCUT2D eigenvalue weighted by molar-refractivity contribution is -0.302. The van der Waals surface area contributed by atoms with Crippen LogP contribution in [0.1, 0.15) is 17.5 Å². The Kier molecular flexibility index (Phi) is 5.52. The maximum atomic E-state index is 13.8. The lowest BCUT2D eigenvalue weighted by Gasteiger charge is -2.32. The molecule has 2 aromatic rings. The average Bonchev–Trinajstić information content (AvgIpc) is 3.06. The first-order valence-corrected chi connectivity index (χ1v) is 8.66. The van der Waals surface area contributed by atoms with Gasteiger partial charge in [-0.15, -0.1) is 0 Å². The molecular weight excluding hydrogens is 389 g/mol. The van der Waals surface area contributed by atoms with E-state index in [-0.39, 0.29) is 34.2 Å². The molecule has 29 heavy (non-hydrogen) atoms. The monoisotopic (exact) mass is 408 g/mol. The number of nitrogens with zero attached hydrogens (tertiary/aromatic N) is 2. The van der Waals surface area contributed by atoms with Crippen LogP contribution in [0.15, 0.2) is 53.6 Å². The largest absolute Gasteiger partial charge is 0.496 e. The van der Waals surface area contributed by atoms with Crippen molar-refractivity contribution in [3.05, 3.63) is 59.7 Å². The van der Waals surface area contributed by atoms with E-state index < -0.39 is 24.2 Å². The number of carbonyl (C=O) groups is 1. The zero-order chi connectivity index (χ0) is 21.2. The molecule has 9 heteroatoms. The minimum Gasteiger partial charge on any atom is -0.496 e. The van der Waals surface area contributed by atoms with Crippen molar-refractivity contribution in [1.82, 2.24) is 5.01 Å². The zero-order valence-electron chi connectivity index (χ0n) is 15.7. The summed E-state index contributed by atoms with van der Waals surface area (Å²) < 4.78 is 51.7. The third kappa shape index (κ3) is 3.77. The molecule has 0 bridgehead atoms. The first kappa shape index (κ1) is 20.7. The Morgan fingerprint density at radius 3 is 2.21 bits per heavy atom. The van der Waals surface area contributed by atoms with Crippen LogP contribution in [0, 0.1) is 0 Å². The van der Waals surface area contributed by atoms with Gasteiger partial charge in [-0.05, 0) is 17.7 Å². The molecule has 0 saturated heterocycles. The molecule has 1 aliphatic rings. The van der Waals surface area contributed by atoms with Gasteiger partial charge in [-0.1, -0.05) is 36.4 Å². The van der Waals surface area contributed by atoms with E-state index >= 15 is 0 Å². The van der Waals surface area contributed by atoms with E-state index in [0.29, 0.717) is 5.56 Å². The third-order valence-electron chi connectivity index (χ3n) is 4.59. The Balaban J connectivity index is 2.05. The number of hydrogen-bond acceptors (Lipinski definition) is 5. The summed E-state index contributed by atoms with van der Waals surface area (Å²) in [6.07, 6.45) is -6.42. The van der Waals surface area contributed by atoms with Gasteiger partial charge in [-0.2, -0.15) is 23.3 Å². The minimum absolute atomic E-state index is 0.112. The van der Waals surface area contributed by atoms with E-state index in [2.05, 4.69) is 5.10 Å². The second kappa shape index (κ2) is 7.75. The SMILES string of the molecule is COc1cccc(OC)c1C1=NN(C(=O)Cc2ccccc2)C(O)(C(F)(F)F)C1. The summed E-state index contributed by atoms with van der Waals surface area (Å²) in [5.74, 6) is -0.560. The number of aliphatic hydroxyl groups is 1. The number of ether oxygens (including phenoxy) is 2. The summed E-state index contributed by atoms with van der Waals surface area (Å²) in [6, 6.07) is 12.9. The summed E-state index contributed by atoms with van der Waals surface area (Å²) in [6.45, 7) is 0. The van der Waals surface area contributed by atoms with Crippen molar-refractivity contribution in [2.45, 2.75) is 24.7 Å². The molecule has 1 amide bonds. The van der Waals surface area contributed by atoms with Gasteiger partial charge in [0.1, 0.15) is 11.5 Å². The molecule has 0 fully saturated rings. The molecule has 6 nitrogen and oxygen atoms in total. The topological polar surface area (TPSA) is 71.4 Å². The predicted octanol–water partition coefficient (Wildman–Crippen LogP) is 3.13. The number of hydrogen-bond donors (Lipinski definition) is 1. The third-order valence-corrected chi connectivity index (χ3v) is 4.59. The molecule has 1 N–H and O–H groups in total. The number of methoxy groups -OCH3 is 2. The number of amides is 1. The average molecular weight is 408 g/mol. The van der Waals surface area contributed by atoms with Gasteiger partial charge in [0.2, 0.25) is 5.91 Å². The number of alkyl halides is 3. The molecule has 1 unspecified atom stereocenters. The summed E-state index contributed by atoms with van der Waals surface area (Å²) in [7, 11) is 2.70. The Bertz CT molecular complexity index is 909. The molecule has 154 valence electrons. The summed E-state index contributed by atoms with van der Waals surface area (Å²) in [4.78, 5) is 12.7. The molecule has 0 aromatic heterocycles. The lowest BCUT2D eigenvalue weighted by Crippen LogP contribution is -2.57. The molecule has 0 aliphatic carbocycles. The second-order valence-electron chi connectivity index (χ2n) is 6.44. The Labute approximate surface area is 165 Å². The highest BCUT2D eigenvalue weighted by Crippen LogP contribution is 2.44. The number of rotatable bonds is 5. The van der Waals surface area contributed by atoms with Crippen molar-refractivity contribution in [3.63, 3.8) is 0 Å². The minimum atomic E-state index is -5.13. The highest BCUT2D eigenvalue weighted by atomic mass is 19.4. The number of benzene rings is 2. The van der Waals surface area contributed by atoms with E-state index in [1.54, 1.807) is 36.4 Å². The Hall–Kier alpha value is -3.07. The summed E-state index contributed by atoms with van der Waals surface area (Å²) >= 11 is 0. The van der Waals surface area contributed by atoms with Crippen LogP contribution in [0.3, 0.4) is 0 Å². The molecule has 0 spiro atoms. The van der Waals surface area contributed by atoms with Crippen molar-refractivity contribution < 1.29 is 32.5 Å². The maximum Gasteiger partial charge on any atom is 0.438 e. The van der Waals surface area contributed by atoms with Crippen LogP contribution in [0.2, 0.25) is 0 Å². The number of halogens is 3. The van der Waals surface area contributed by atoms with E-state index in [1.165, 1.54) is 26.4 Å². The van der Waals surface area contributed by atoms with Crippen LogP contribution in [-0.4, -0.2) is 47.9 Å². The lowest BCUT2D eigenvalue weighted by atomic mass is 9.99. The molecule has 0 radical (unpaired) electrons. The molecule has 3 rings (SSSR count). The fourth-order valence-electron chi connectivity index (χ4n) is 3.15. The fourth-order valence-corrected chi connectivity index (χ4v) is 3.15. The van der Waals surface area contributed by atoms with Crippen LogP contribution in [0.5, 0.6) is 11.5 Å². The number of hydrazone groups is 1. The number of carbonyl (C=O) groups excluding carboxylic acids is 1. The van der Waals surface area contributed by atoms with Gasteiger partial charge in [0, 0.05) is 0 Å². The normalized spacial score (nSPS) is 19.1. The Morgan fingerprint density at radius 1 is 1.10 bits per heavy atom. The Morgan fingerprint density at radius 2 is 1.69 bits per heavy atom. The van der Waals surface area contributed by atoms with Crippen molar-refractivity contribution in [2.75, 3.05) is 14.2 Å². The standard InChI is InChI=1S/C20H19F3N2O4/c1-28-15-9-6-10-16(29-2)18(15)14-12-19(27,20(21,22)23)25(24-14)17(26)11-13-7-4-3-5-8-13/h3-10,27H,11-12H2,1-2H3. The van der Waals surface area contributed by atoms with Crippen LogP contribution >= 0.6 is 0 Å². The van der Waals surface area contributed by atoms with Gasteiger partial charge in [0.25, 0.3) is 5.72 Å². The van der Waals surface area contributed by atoms with Gasteiger partial charge in [-0.25, -0.2) is 0 Å². The van der Waals surface area contributed by atoms with Gasteiger partial charge in [0.15, 0.2) is 0 Å². The second-order valence-corrected chi connectivity index (χ2v) is 6.44. The van der Waals surface area contributed by atoms with Crippen LogP contribution in [0.4, 0.5) is 13.2 Å². The van der Waals surface area contributed by atoms with Crippen LogP contribution in [0.25, 0.3) is 0 Å². The first-order valence-electron chi connectivity index (χ1n) is 8.66. The van der Waals surface area contributed by atoms with E-state index in [4.69, 9.17) is 9.47 Å². The van der Waals surface area contributed by atoms with Crippen molar-refractivity contribution >= 4 is 11.6 Å². The molecule has 0 saturated carbocycles. The highest BCUT2D eigenvalue weighted by molar-refractivity contribution is 6.07. The van der Waals surface area contributed by atoms with Crippen LogP contribution in [-0.2, 0) is 11.2 Å². The quantitative estimate of drug-likeness (QED) is 0.825. The van der Waals surface area contributed by atoms with E-state index in [1.807, 2.05) is 0 Å². The smallest absolute Gasteiger partial charge is 0.438 e. The van der Waals surface area contributed by atoms with Crippen molar-refractivity contribution in [1.29, 1.82) is 0 Å². The first-order chi connectivity index (χ1) is 13.7. The summed E-state index contributed by atoms with van der Waals surface area (Å²) in [5, 5.41) is 14.5. The summed E-state index contributed by atoms with van der Waals surface area (Å²) in [5.41, 5.74) is -2.99.